The van der Waals surface area contributed by atoms with Crippen LogP contribution in [0.3, 0.4) is 0 Å². The topological polar surface area (TPSA) is 70.8 Å². The molecule has 3 heterocycles. The lowest BCUT2D eigenvalue weighted by molar-refractivity contribution is -0.121. The van der Waals surface area contributed by atoms with E-state index in [9.17, 15) is 9.59 Å². The van der Waals surface area contributed by atoms with Gasteiger partial charge in [-0.25, -0.2) is 9.50 Å². The molecule has 1 aliphatic rings. The van der Waals surface area contributed by atoms with E-state index < -0.39 is 0 Å². The molecular formula is C21H23N5O2. The zero-order valence-electron chi connectivity index (χ0n) is 16.5. The van der Waals surface area contributed by atoms with Gasteiger partial charge >= 0.3 is 0 Å². The third-order valence-electron chi connectivity index (χ3n) is 5.14. The van der Waals surface area contributed by atoms with Crippen molar-refractivity contribution in [2.24, 2.45) is 0 Å². The number of amides is 2. The quantitative estimate of drug-likeness (QED) is 0.688. The van der Waals surface area contributed by atoms with Crippen LogP contribution in [0.1, 0.15) is 34.4 Å². The van der Waals surface area contributed by atoms with Crippen molar-refractivity contribution in [2.75, 3.05) is 18.0 Å². The molecule has 1 unspecified atom stereocenters. The zero-order valence-corrected chi connectivity index (χ0v) is 16.5. The van der Waals surface area contributed by atoms with Crippen molar-refractivity contribution >= 4 is 23.1 Å². The fraction of sp³-hybridized carbons (Fsp3) is 0.333. The number of fused-ring (bicyclic) bond motifs is 1. The summed E-state index contributed by atoms with van der Waals surface area (Å²) in [6.45, 7) is 8.29. The van der Waals surface area contributed by atoms with Crippen molar-refractivity contribution in [1.82, 2.24) is 19.5 Å². The maximum Gasteiger partial charge on any atom is 0.275 e. The van der Waals surface area contributed by atoms with Crippen molar-refractivity contribution in [3.63, 3.8) is 0 Å². The standard InChI is InChI=1S/C21H23N5O2/c1-13-5-7-17(8-6-13)25-11-16(4)24(12-20(25)27)21(28)18-10-19-22-14(2)9-15(3)26(19)23-18/h5-10,16H,11-12H2,1-4H3. The summed E-state index contributed by atoms with van der Waals surface area (Å²) in [5.41, 5.74) is 4.73. The van der Waals surface area contributed by atoms with Gasteiger partial charge in [-0.2, -0.15) is 5.10 Å². The van der Waals surface area contributed by atoms with Crippen LogP contribution in [0.4, 0.5) is 5.69 Å². The first kappa shape index (κ1) is 18.2. The normalized spacial score (nSPS) is 17.4. The van der Waals surface area contributed by atoms with E-state index in [4.69, 9.17) is 0 Å². The fourth-order valence-electron chi connectivity index (χ4n) is 3.64. The Kier molecular flexibility index (Phi) is 4.37. The molecular weight excluding hydrogens is 354 g/mol. The van der Waals surface area contributed by atoms with Gasteiger partial charge < -0.3 is 9.80 Å². The summed E-state index contributed by atoms with van der Waals surface area (Å²) >= 11 is 0. The molecule has 1 atom stereocenters. The van der Waals surface area contributed by atoms with Gasteiger partial charge in [0.05, 0.1) is 0 Å². The summed E-state index contributed by atoms with van der Waals surface area (Å²) in [6.07, 6.45) is 0. The number of aryl methyl sites for hydroxylation is 3. The largest absolute Gasteiger partial charge is 0.323 e. The molecule has 0 radical (unpaired) electrons. The van der Waals surface area contributed by atoms with Gasteiger partial charge in [0.2, 0.25) is 5.91 Å². The van der Waals surface area contributed by atoms with E-state index in [1.165, 1.54) is 0 Å². The SMILES string of the molecule is Cc1ccc(N2CC(C)N(C(=O)c3cc4nc(C)cc(C)n4n3)CC2=O)cc1. The lowest BCUT2D eigenvalue weighted by Gasteiger charge is -2.39. The number of piperazine rings is 1. The Labute approximate surface area is 163 Å². The Balaban J connectivity index is 1.58. The lowest BCUT2D eigenvalue weighted by Crippen LogP contribution is -2.57. The van der Waals surface area contributed by atoms with E-state index >= 15 is 0 Å². The van der Waals surface area contributed by atoms with Crippen molar-refractivity contribution in [3.8, 4) is 0 Å². The number of anilines is 1. The Morgan fingerprint density at radius 1 is 1.11 bits per heavy atom. The second kappa shape index (κ2) is 6.74. The summed E-state index contributed by atoms with van der Waals surface area (Å²) in [4.78, 5) is 33.6. The number of carbonyl (C=O) groups is 2. The minimum atomic E-state index is -0.244. The van der Waals surface area contributed by atoms with Crippen LogP contribution in [0.15, 0.2) is 36.4 Å². The van der Waals surface area contributed by atoms with Crippen LogP contribution in [0.25, 0.3) is 5.65 Å². The molecule has 1 saturated heterocycles. The Morgan fingerprint density at radius 2 is 1.82 bits per heavy atom. The first-order valence-electron chi connectivity index (χ1n) is 9.35. The van der Waals surface area contributed by atoms with Crippen LogP contribution < -0.4 is 4.90 Å². The van der Waals surface area contributed by atoms with Gasteiger partial charge in [0.15, 0.2) is 11.3 Å². The molecule has 1 aromatic carbocycles. The summed E-state index contributed by atoms with van der Waals surface area (Å²) in [6, 6.07) is 11.3. The Morgan fingerprint density at radius 3 is 2.54 bits per heavy atom. The summed E-state index contributed by atoms with van der Waals surface area (Å²) in [5.74, 6) is -0.337. The summed E-state index contributed by atoms with van der Waals surface area (Å²) in [5, 5.41) is 4.41. The van der Waals surface area contributed by atoms with Crippen LogP contribution in [0.5, 0.6) is 0 Å². The van der Waals surface area contributed by atoms with E-state index in [1.807, 2.05) is 58.0 Å². The summed E-state index contributed by atoms with van der Waals surface area (Å²) < 4.78 is 1.66. The minimum absolute atomic E-state index is 0.0349. The van der Waals surface area contributed by atoms with E-state index in [2.05, 4.69) is 10.1 Å². The predicted molar refractivity (Wildman–Crippen MR) is 106 cm³/mol. The average Bonchev–Trinajstić information content (AvgIpc) is 3.08. The number of hydrogen-bond donors (Lipinski definition) is 0. The molecule has 3 aromatic rings. The van der Waals surface area contributed by atoms with Gasteiger partial charge in [-0.15, -0.1) is 0 Å². The number of carbonyl (C=O) groups excluding carboxylic acids is 2. The first-order chi connectivity index (χ1) is 13.3. The maximum atomic E-state index is 13.1. The van der Waals surface area contributed by atoms with E-state index in [0.29, 0.717) is 17.9 Å². The summed E-state index contributed by atoms with van der Waals surface area (Å²) in [7, 11) is 0. The van der Waals surface area contributed by atoms with Crippen molar-refractivity contribution in [1.29, 1.82) is 0 Å². The second-order valence-corrected chi connectivity index (χ2v) is 7.46. The molecule has 7 nitrogen and oxygen atoms in total. The molecule has 2 aromatic heterocycles. The van der Waals surface area contributed by atoms with Gasteiger partial charge in [-0.1, -0.05) is 17.7 Å². The van der Waals surface area contributed by atoms with Gasteiger partial charge in [0.25, 0.3) is 5.91 Å². The molecule has 1 aliphatic heterocycles. The van der Waals surface area contributed by atoms with Crippen LogP contribution in [-0.4, -0.2) is 50.4 Å². The van der Waals surface area contributed by atoms with Crippen LogP contribution >= 0.6 is 0 Å². The highest BCUT2D eigenvalue weighted by molar-refractivity contribution is 6.01. The Hall–Kier alpha value is -3.22. The molecule has 1 fully saturated rings. The monoisotopic (exact) mass is 377 g/mol. The number of rotatable bonds is 2. The second-order valence-electron chi connectivity index (χ2n) is 7.46. The first-order valence-corrected chi connectivity index (χ1v) is 9.35. The van der Waals surface area contributed by atoms with Crippen LogP contribution in [0, 0.1) is 20.8 Å². The number of nitrogens with zero attached hydrogens (tertiary/aromatic N) is 5. The molecule has 4 rings (SSSR count). The van der Waals surface area contributed by atoms with Crippen molar-refractivity contribution < 1.29 is 9.59 Å². The molecule has 144 valence electrons. The molecule has 0 aliphatic carbocycles. The molecule has 7 heteroatoms. The molecule has 0 bridgehead atoms. The molecule has 2 amide bonds. The molecule has 28 heavy (non-hydrogen) atoms. The highest BCUT2D eigenvalue weighted by atomic mass is 16.2. The van der Waals surface area contributed by atoms with Crippen molar-refractivity contribution in [3.05, 3.63) is 59.0 Å². The Bertz CT molecular complexity index is 1070. The number of hydrogen-bond acceptors (Lipinski definition) is 4. The average molecular weight is 377 g/mol. The molecule has 0 saturated carbocycles. The molecule has 0 spiro atoms. The van der Waals surface area contributed by atoms with Gasteiger partial charge in [-0.3, -0.25) is 9.59 Å². The number of aromatic nitrogens is 3. The van der Waals surface area contributed by atoms with Crippen molar-refractivity contribution in [2.45, 2.75) is 33.7 Å². The van der Waals surface area contributed by atoms with Crippen LogP contribution in [0.2, 0.25) is 0 Å². The highest BCUT2D eigenvalue weighted by Gasteiger charge is 2.34. The smallest absolute Gasteiger partial charge is 0.275 e. The minimum Gasteiger partial charge on any atom is -0.323 e. The third kappa shape index (κ3) is 3.13. The van der Waals surface area contributed by atoms with E-state index in [-0.39, 0.29) is 24.4 Å². The molecule has 0 N–H and O–H groups in total. The predicted octanol–water partition coefficient (Wildman–Crippen LogP) is 2.53. The maximum absolute atomic E-state index is 13.1. The van der Waals surface area contributed by atoms with Crippen LogP contribution in [-0.2, 0) is 4.79 Å². The fourth-order valence-corrected chi connectivity index (χ4v) is 3.64. The van der Waals surface area contributed by atoms with Gasteiger partial charge in [0.1, 0.15) is 6.54 Å². The third-order valence-corrected chi connectivity index (χ3v) is 5.14. The zero-order chi connectivity index (χ0) is 20.0. The lowest BCUT2D eigenvalue weighted by atomic mass is 10.1. The van der Waals surface area contributed by atoms with E-state index in [1.54, 1.807) is 20.4 Å². The highest BCUT2D eigenvalue weighted by Crippen LogP contribution is 2.22. The number of benzene rings is 1. The van der Waals surface area contributed by atoms with Gasteiger partial charge in [0, 0.05) is 35.7 Å². The van der Waals surface area contributed by atoms with E-state index in [0.717, 1.165) is 22.6 Å². The van der Waals surface area contributed by atoms with Gasteiger partial charge in [-0.05, 0) is 45.9 Å².